The molecule has 0 saturated carbocycles. The van der Waals surface area contributed by atoms with E-state index in [-0.39, 0.29) is 12.1 Å². The third-order valence-electron chi connectivity index (χ3n) is 1.85. The van der Waals surface area contributed by atoms with Gasteiger partial charge in [-0.1, -0.05) is 23.7 Å². The SMILES string of the molecule is CC(CN)NC(=O)Nc1ccccc1Cl. The van der Waals surface area contributed by atoms with E-state index in [0.717, 1.165) is 0 Å². The van der Waals surface area contributed by atoms with Crippen LogP contribution in [0.2, 0.25) is 5.02 Å². The van der Waals surface area contributed by atoms with Crippen LogP contribution in [0, 0.1) is 0 Å². The molecule has 1 aromatic carbocycles. The normalized spacial score (nSPS) is 11.9. The number of benzene rings is 1. The molecule has 1 aromatic rings. The van der Waals surface area contributed by atoms with E-state index < -0.39 is 0 Å². The van der Waals surface area contributed by atoms with E-state index in [1.54, 1.807) is 24.3 Å². The van der Waals surface area contributed by atoms with Crippen molar-refractivity contribution >= 4 is 23.3 Å². The highest BCUT2D eigenvalue weighted by Crippen LogP contribution is 2.19. The Balaban J connectivity index is 2.55. The van der Waals surface area contributed by atoms with E-state index in [0.29, 0.717) is 17.3 Å². The van der Waals surface area contributed by atoms with Crippen LogP contribution in [0.15, 0.2) is 24.3 Å². The first kappa shape index (κ1) is 11.8. The van der Waals surface area contributed by atoms with Crippen LogP contribution in [-0.2, 0) is 0 Å². The minimum atomic E-state index is -0.305. The lowest BCUT2D eigenvalue weighted by Crippen LogP contribution is -2.40. The zero-order valence-corrected chi connectivity index (χ0v) is 9.21. The van der Waals surface area contributed by atoms with Crippen molar-refractivity contribution in [3.8, 4) is 0 Å². The first-order valence-corrected chi connectivity index (χ1v) is 5.03. The van der Waals surface area contributed by atoms with Gasteiger partial charge in [0.2, 0.25) is 0 Å². The van der Waals surface area contributed by atoms with Gasteiger partial charge in [-0.15, -0.1) is 0 Å². The number of carbonyl (C=O) groups excluding carboxylic acids is 1. The second kappa shape index (κ2) is 5.58. The Bertz CT molecular complexity index is 343. The second-order valence-electron chi connectivity index (χ2n) is 3.22. The molecule has 1 rings (SSSR count). The molecular formula is C10H14ClN3O. The van der Waals surface area contributed by atoms with Crippen molar-refractivity contribution < 1.29 is 4.79 Å². The number of carbonyl (C=O) groups is 1. The quantitative estimate of drug-likeness (QED) is 0.737. The van der Waals surface area contributed by atoms with E-state index in [4.69, 9.17) is 17.3 Å². The molecule has 0 aromatic heterocycles. The van der Waals surface area contributed by atoms with Gasteiger partial charge < -0.3 is 16.4 Å². The summed E-state index contributed by atoms with van der Waals surface area (Å²) in [6.45, 7) is 2.22. The minimum Gasteiger partial charge on any atom is -0.334 e. The lowest BCUT2D eigenvalue weighted by molar-refractivity contribution is 0.249. The predicted molar refractivity (Wildman–Crippen MR) is 62.1 cm³/mol. The molecule has 0 aliphatic carbocycles. The largest absolute Gasteiger partial charge is 0.334 e. The zero-order valence-electron chi connectivity index (χ0n) is 8.46. The Kier molecular flexibility index (Phi) is 4.39. The number of anilines is 1. The van der Waals surface area contributed by atoms with Crippen LogP contribution in [-0.4, -0.2) is 18.6 Å². The van der Waals surface area contributed by atoms with Crippen LogP contribution >= 0.6 is 11.6 Å². The summed E-state index contributed by atoms with van der Waals surface area (Å²) in [6.07, 6.45) is 0. The van der Waals surface area contributed by atoms with Crippen LogP contribution in [0.3, 0.4) is 0 Å². The summed E-state index contributed by atoms with van der Waals surface area (Å²) in [5.74, 6) is 0. The van der Waals surface area contributed by atoms with E-state index in [9.17, 15) is 4.79 Å². The molecule has 4 nitrogen and oxygen atoms in total. The maximum atomic E-state index is 11.4. The van der Waals surface area contributed by atoms with E-state index in [2.05, 4.69) is 10.6 Å². The first-order valence-electron chi connectivity index (χ1n) is 4.65. The number of urea groups is 1. The van der Waals surface area contributed by atoms with E-state index in [1.165, 1.54) is 0 Å². The predicted octanol–water partition coefficient (Wildman–Crippen LogP) is 1.81. The molecule has 5 heteroatoms. The van der Waals surface area contributed by atoms with Gasteiger partial charge in [0, 0.05) is 12.6 Å². The highest BCUT2D eigenvalue weighted by Gasteiger charge is 2.06. The molecule has 15 heavy (non-hydrogen) atoms. The summed E-state index contributed by atoms with van der Waals surface area (Å²) >= 11 is 5.87. The van der Waals surface area contributed by atoms with Gasteiger partial charge >= 0.3 is 6.03 Å². The summed E-state index contributed by atoms with van der Waals surface area (Å²) in [6, 6.07) is 6.67. The van der Waals surface area contributed by atoms with Crippen molar-refractivity contribution in [1.29, 1.82) is 0 Å². The summed E-state index contributed by atoms with van der Waals surface area (Å²) in [4.78, 5) is 11.4. The standard InChI is InChI=1S/C10H14ClN3O/c1-7(6-12)13-10(15)14-9-5-3-2-4-8(9)11/h2-5,7H,6,12H2,1H3,(H2,13,14,15). The van der Waals surface area contributed by atoms with Crippen LogP contribution < -0.4 is 16.4 Å². The molecule has 0 bridgehead atoms. The molecule has 0 fully saturated rings. The van der Waals surface area contributed by atoms with Crippen LogP contribution in [0.1, 0.15) is 6.92 Å². The Hall–Kier alpha value is -1.26. The van der Waals surface area contributed by atoms with Gasteiger partial charge in [-0.05, 0) is 19.1 Å². The number of halogens is 1. The number of amides is 2. The lowest BCUT2D eigenvalue weighted by atomic mass is 10.3. The van der Waals surface area contributed by atoms with Crippen molar-refractivity contribution in [2.24, 2.45) is 5.73 Å². The third-order valence-corrected chi connectivity index (χ3v) is 2.18. The molecule has 0 aliphatic heterocycles. The second-order valence-corrected chi connectivity index (χ2v) is 3.62. The number of rotatable bonds is 3. The Morgan fingerprint density at radius 2 is 2.20 bits per heavy atom. The maximum absolute atomic E-state index is 11.4. The number of nitrogens with two attached hydrogens (primary N) is 1. The first-order chi connectivity index (χ1) is 7.13. The fourth-order valence-electron chi connectivity index (χ4n) is 1.00. The Morgan fingerprint density at radius 1 is 1.53 bits per heavy atom. The van der Waals surface area contributed by atoms with E-state index >= 15 is 0 Å². The van der Waals surface area contributed by atoms with Crippen molar-refractivity contribution in [2.45, 2.75) is 13.0 Å². The molecule has 1 atom stereocenters. The van der Waals surface area contributed by atoms with E-state index in [1.807, 2.05) is 6.92 Å². The smallest absolute Gasteiger partial charge is 0.319 e. The monoisotopic (exact) mass is 227 g/mol. The Morgan fingerprint density at radius 3 is 2.80 bits per heavy atom. The molecule has 2 amide bonds. The van der Waals surface area contributed by atoms with Crippen LogP contribution in [0.5, 0.6) is 0 Å². The zero-order chi connectivity index (χ0) is 11.3. The Labute approximate surface area is 93.8 Å². The van der Waals surface area contributed by atoms with Crippen molar-refractivity contribution in [1.82, 2.24) is 5.32 Å². The third kappa shape index (κ3) is 3.77. The van der Waals surface area contributed by atoms with Crippen molar-refractivity contribution in [2.75, 3.05) is 11.9 Å². The van der Waals surface area contributed by atoms with Gasteiger partial charge in [-0.3, -0.25) is 0 Å². The topological polar surface area (TPSA) is 67.1 Å². The van der Waals surface area contributed by atoms with Crippen molar-refractivity contribution in [3.63, 3.8) is 0 Å². The number of hydrogen-bond donors (Lipinski definition) is 3. The van der Waals surface area contributed by atoms with Crippen molar-refractivity contribution in [3.05, 3.63) is 29.3 Å². The molecule has 4 N–H and O–H groups in total. The maximum Gasteiger partial charge on any atom is 0.319 e. The van der Waals surface area contributed by atoms with Gasteiger partial charge in [0.1, 0.15) is 0 Å². The fraction of sp³-hybridized carbons (Fsp3) is 0.300. The highest BCUT2D eigenvalue weighted by atomic mass is 35.5. The molecule has 82 valence electrons. The summed E-state index contributed by atoms with van der Waals surface area (Å²) in [7, 11) is 0. The molecule has 1 unspecified atom stereocenters. The van der Waals surface area contributed by atoms with Gasteiger partial charge in [-0.2, -0.15) is 0 Å². The lowest BCUT2D eigenvalue weighted by Gasteiger charge is -2.12. The van der Waals surface area contributed by atoms with Gasteiger partial charge in [0.25, 0.3) is 0 Å². The molecular weight excluding hydrogens is 214 g/mol. The van der Waals surface area contributed by atoms with Gasteiger partial charge in [0.05, 0.1) is 10.7 Å². The fourth-order valence-corrected chi connectivity index (χ4v) is 1.19. The highest BCUT2D eigenvalue weighted by molar-refractivity contribution is 6.33. The average molecular weight is 228 g/mol. The molecule has 0 aliphatic rings. The minimum absolute atomic E-state index is 0.0625. The molecule has 0 saturated heterocycles. The summed E-state index contributed by atoms with van der Waals surface area (Å²) in [5.41, 5.74) is 5.96. The molecule has 0 heterocycles. The number of hydrogen-bond acceptors (Lipinski definition) is 2. The summed E-state index contributed by atoms with van der Waals surface area (Å²) in [5, 5.41) is 5.82. The van der Waals surface area contributed by atoms with Crippen LogP contribution in [0.25, 0.3) is 0 Å². The summed E-state index contributed by atoms with van der Waals surface area (Å²) < 4.78 is 0. The number of para-hydroxylation sites is 1. The van der Waals surface area contributed by atoms with Crippen LogP contribution in [0.4, 0.5) is 10.5 Å². The van der Waals surface area contributed by atoms with Gasteiger partial charge in [0.15, 0.2) is 0 Å². The molecule has 0 spiro atoms. The number of nitrogens with one attached hydrogen (secondary N) is 2. The van der Waals surface area contributed by atoms with Gasteiger partial charge in [-0.25, -0.2) is 4.79 Å². The average Bonchev–Trinajstić information content (AvgIpc) is 2.21. The molecule has 0 radical (unpaired) electrons.